The second-order valence-corrected chi connectivity index (χ2v) is 7.68. The maximum absolute atomic E-state index is 14.1. The average molecular weight is 427 g/mol. The van der Waals surface area contributed by atoms with Crippen LogP contribution < -0.4 is 20.3 Å². The molecule has 0 aliphatic carbocycles. The van der Waals surface area contributed by atoms with Crippen LogP contribution >= 0.6 is 0 Å². The number of halogens is 1. The van der Waals surface area contributed by atoms with Crippen molar-refractivity contribution < 1.29 is 18.7 Å². The third kappa shape index (κ3) is 3.61. The summed E-state index contributed by atoms with van der Waals surface area (Å²) in [5, 5.41) is 10.5. The molecular weight excluding hydrogens is 405 g/mol. The van der Waals surface area contributed by atoms with Crippen molar-refractivity contribution in [3.63, 3.8) is 0 Å². The standard InChI is InChI=1S/C20H22FN7O3/c1-11-4-23-19(29)15-7-25-28-10-16-18(26-17(15)28)27(9-14(30-2)6-22-16)8-12-3-13(21)5-24-20(12)31-11/h3,5,7,10-11,14,22H,4,6,8-9H2,1-2H3,(H,23,29)/t11-,14+/m0/s1. The Kier molecular flexibility index (Phi) is 4.81. The number of pyridine rings is 1. The van der Waals surface area contributed by atoms with Crippen LogP contribution in [0.5, 0.6) is 5.88 Å². The number of amides is 1. The van der Waals surface area contributed by atoms with E-state index >= 15 is 0 Å². The largest absolute Gasteiger partial charge is 0.473 e. The Labute approximate surface area is 177 Å². The zero-order valence-corrected chi connectivity index (χ0v) is 17.1. The SMILES string of the molecule is CO[C@@H]1CNc2cn3ncc4c3nc2N(Cc2cc(F)cnc2O[C@@H](C)CNC4=O)C1. The molecule has 0 unspecified atom stereocenters. The lowest BCUT2D eigenvalue weighted by atomic mass is 10.2. The van der Waals surface area contributed by atoms with Gasteiger partial charge in [-0.25, -0.2) is 18.9 Å². The van der Waals surface area contributed by atoms with E-state index in [9.17, 15) is 9.18 Å². The maximum Gasteiger partial charge on any atom is 0.256 e. The van der Waals surface area contributed by atoms with E-state index in [0.29, 0.717) is 48.1 Å². The number of nitrogens with one attached hydrogen (secondary N) is 2. The summed E-state index contributed by atoms with van der Waals surface area (Å²) in [7, 11) is 1.64. The van der Waals surface area contributed by atoms with Gasteiger partial charge in [0, 0.05) is 32.3 Å². The molecule has 11 heteroatoms. The Bertz CT molecular complexity index is 1150. The summed E-state index contributed by atoms with van der Waals surface area (Å²) < 4.78 is 27.2. The van der Waals surface area contributed by atoms with E-state index in [-0.39, 0.29) is 24.7 Å². The van der Waals surface area contributed by atoms with Crippen molar-refractivity contribution in [2.75, 3.05) is 37.0 Å². The van der Waals surface area contributed by atoms with E-state index in [4.69, 9.17) is 14.5 Å². The molecule has 0 radical (unpaired) electrons. The number of anilines is 2. The van der Waals surface area contributed by atoms with Crippen molar-refractivity contribution in [1.29, 1.82) is 0 Å². The van der Waals surface area contributed by atoms with Crippen LogP contribution in [0.4, 0.5) is 15.9 Å². The second-order valence-electron chi connectivity index (χ2n) is 7.68. The highest BCUT2D eigenvalue weighted by molar-refractivity contribution is 6.00. The van der Waals surface area contributed by atoms with Gasteiger partial charge in [-0.3, -0.25) is 4.79 Å². The van der Waals surface area contributed by atoms with E-state index in [0.717, 1.165) is 11.9 Å². The lowest BCUT2D eigenvalue weighted by Crippen LogP contribution is -2.35. The van der Waals surface area contributed by atoms with Gasteiger partial charge in [-0.1, -0.05) is 0 Å². The predicted octanol–water partition coefficient (Wildman–Crippen LogP) is 1.22. The number of hydrogen-bond donors (Lipinski definition) is 2. The molecule has 2 aliphatic rings. The van der Waals surface area contributed by atoms with E-state index in [1.54, 1.807) is 17.8 Å². The first kappa shape index (κ1) is 19.5. The summed E-state index contributed by atoms with van der Waals surface area (Å²) in [5.41, 5.74) is 2.11. The minimum absolute atomic E-state index is 0.134. The molecule has 31 heavy (non-hydrogen) atoms. The number of fused-ring (bicyclic) bond motifs is 1. The molecule has 2 N–H and O–H groups in total. The smallest absolute Gasteiger partial charge is 0.256 e. The molecule has 0 fully saturated rings. The molecule has 5 heterocycles. The van der Waals surface area contributed by atoms with Gasteiger partial charge in [0.25, 0.3) is 5.91 Å². The number of ether oxygens (including phenoxy) is 2. The number of aromatic nitrogens is 4. The molecule has 0 spiro atoms. The van der Waals surface area contributed by atoms with Gasteiger partial charge in [0.05, 0.1) is 36.9 Å². The number of carbonyl (C=O) groups excluding carboxylic acids is 1. The van der Waals surface area contributed by atoms with Crippen LogP contribution in [0.3, 0.4) is 0 Å². The van der Waals surface area contributed by atoms with Crippen LogP contribution in [0.25, 0.3) is 5.65 Å². The summed E-state index contributed by atoms with van der Waals surface area (Å²) >= 11 is 0. The predicted molar refractivity (Wildman–Crippen MR) is 110 cm³/mol. The van der Waals surface area contributed by atoms with E-state index in [2.05, 4.69) is 20.7 Å². The van der Waals surface area contributed by atoms with Crippen LogP contribution in [0, 0.1) is 5.82 Å². The molecule has 0 aromatic carbocycles. The number of hydrogen-bond acceptors (Lipinski definition) is 8. The zero-order chi connectivity index (χ0) is 21.5. The lowest BCUT2D eigenvalue weighted by Gasteiger charge is -2.26. The summed E-state index contributed by atoms with van der Waals surface area (Å²) in [5.74, 6) is 0.182. The van der Waals surface area contributed by atoms with Gasteiger partial charge in [0.2, 0.25) is 5.88 Å². The van der Waals surface area contributed by atoms with Crippen molar-refractivity contribution in [2.45, 2.75) is 25.7 Å². The van der Waals surface area contributed by atoms with Crippen LogP contribution in [0.15, 0.2) is 24.7 Å². The molecule has 3 aromatic heterocycles. The first-order valence-corrected chi connectivity index (χ1v) is 10.0. The summed E-state index contributed by atoms with van der Waals surface area (Å²) in [4.78, 5) is 23.7. The molecule has 162 valence electrons. The highest BCUT2D eigenvalue weighted by atomic mass is 19.1. The van der Waals surface area contributed by atoms with Crippen molar-refractivity contribution in [2.24, 2.45) is 0 Å². The number of rotatable bonds is 1. The highest BCUT2D eigenvalue weighted by Crippen LogP contribution is 2.31. The molecule has 1 amide bonds. The number of nitrogens with zero attached hydrogens (tertiary/aromatic N) is 5. The Morgan fingerprint density at radius 1 is 1.29 bits per heavy atom. The highest BCUT2D eigenvalue weighted by Gasteiger charge is 2.27. The van der Waals surface area contributed by atoms with E-state index < -0.39 is 5.82 Å². The number of methoxy groups -OCH3 is 1. The Morgan fingerprint density at radius 2 is 2.16 bits per heavy atom. The van der Waals surface area contributed by atoms with Gasteiger partial charge in [0.15, 0.2) is 11.5 Å². The Balaban J connectivity index is 1.69. The first-order valence-electron chi connectivity index (χ1n) is 10.0. The molecule has 2 atom stereocenters. The molecular formula is C20H22FN7O3. The van der Waals surface area contributed by atoms with E-state index in [1.165, 1.54) is 12.3 Å². The minimum Gasteiger partial charge on any atom is -0.473 e. The van der Waals surface area contributed by atoms with Crippen molar-refractivity contribution in [3.05, 3.63) is 41.6 Å². The Hall–Kier alpha value is -3.47. The van der Waals surface area contributed by atoms with Crippen LogP contribution in [-0.2, 0) is 11.3 Å². The van der Waals surface area contributed by atoms with Crippen LogP contribution in [0.2, 0.25) is 0 Å². The zero-order valence-electron chi connectivity index (χ0n) is 17.1. The van der Waals surface area contributed by atoms with Crippen LogP contribution in [0.1, 0.15) is 22.8 Å². The molecule has 0 saturated carbocycles. The molecule has 2 aliphatic heterocycles. The monoisotopic (exact) mass is 427 g/mol. The fraction of sp³-hybridized carbons (Fsp3) is 0.400. The fourth-order valence-electron chi connectivity index (χ4n) is 3.80. The first-order chi connectivity index (χ1) is 15.0. The van der Waals surface area contributed by atoms with Crippen molar-refractivity contribution in [3.8, 4) is 5.88 Å². The Morgan fingerprint density at radius 3 is 3.00 bits per heavy atom. The van der Waals surface area contributed by atoms with Crippen LogP contribution in [-0.4, -0.2) is 64.4 Å². The normalized spacial score (nSPS) is 21.1. The van der Waals surface area contributed by atoms with E-state index in [1.807, 2.05) is 11.8 Å². The summed E-state index contributed by atoms with van der Waals surface area (Å²) in [6.07, 6.45) is 3.90. The molecule has 5 rings (SSSR count). The van der Waals surface area contributed by atoms with Gasteiger partial charge < -0.3 is 25.0 Å². The number of carbonyl (C=O) groups is 1. The third-order valence-corrected chi connectivity index (χ3v) is 5.41. The average Bonchev–Trinajstić information content (AvgIpc) is 3.09. The fourth-order valence-corrected chi connectivity index (χ4v) is 3.80. The third-order valence-electron chi connectivity index (χ3n) is 5.41. The molecule has 10 nitrogen and oxygen atoms in total. The second kappa shape index (κ2) is 7.65. The van der Waals surface area contributed by atoms with Gasteiger partial charge in [-0.05, 0) is 13.0 Å². The molecule has 2 bridgehead atoms. The van der Waals surface area contributed by atoms with Crippen molar-refractivity contribution in [1.82, 2.24) is 24.9 Å². The summed E-state index contributed by atoms with van der Waals surface area (Å²) in [6, 6.07) is 1.41. The minimum atomic E-state index is -0.453. The topological polar surface area (TPSA) is 106 Å². The maximum atomic E-state index is 14.1. The van der Waals surface area contributed by atoms with Gasteiger partial charge in [-0.15, -0.1) is 0 Å². The summed E-state index contributed by atoms with van der Waals surface area (Å²) in [6.45, 7) is 3.42. The van der Waals surface area contributed by atoms with Gasteiger partial charge >= 0.3 is 0 Å². The molecule has 0 saturated heterocycles. The lowest BCUT2D eigenvalue weighted by molar-refractivity contribution is 0.0932. The van der Waals surface area contributed by atoms with Gasteiger partial charge in [-0.2, -0.15) is 5.10 Å². The van der Waals surface area contributed by atoms with Crippen molar-refractivity contribution >= 4 is 23.1 Å². The quantitative estimate of drug-likeness (QED) is 0.597. The van der Waals surface area contributed by atoms with Gasteiger partial charge in [0.1, 0.15) is 17.5 Å². The molecule has 3 aromatic rings.